The second kappa shape index (κ2) is 10.5. The average molecular weight is 552 g/mol. The minimum Gasteiger partial charge on any atom is -0.465 e. The minimum absolute atomic E-state index is 0.0651. The quantitative estimate of drug-likeness (QED) is 0.354. The molecule has 2 atom stereocenters. The number of carbonyl (C=O) groups excluding carboxylic acids is 3. The summed E-state index contributed by atoms with van der Waals surface area (Å²) in [6, 6.07) is 3.12. The predicted octanol–water partition coefficient (Wildman–Crippen LogP) is 2.22. The topological polar surface area (TPSA) is 161 Å². The van der Waals surface area contributed by atoms with Crippen molar-refractivity contribution >= 4 is 35.2 Å². The van der Waals surface area contributed by atoms with Gasteiger partial charge in [-0.15, -0.1) is 0 Å². The lowest BCUT2D eigenvalue weighted by Crippen LogP contribution is -2.30. The summed E-state index contributed by atoms with van der Waals surface area (Å²) in [5.74, 6) is 0.0915. The zero-order valence-electron chi connectivity index (χ0n) is 21.5. The number of nitrogens with one attached hydrogen (secondary N) is 3. The molecule has 1 aromatic carbocycles. The number of hydrogen-bond acceptors (Lipinski definition) is 10. The first-order valence-electron chi connectivity index (χ1n) is 12.9. The predicted molar refractivity (Wildman–Crippen MR) is 138 cm³/mol. The maximum atomic E-state index is 14.8. The number of ether oxygens (including phenoxy) is 2. The molecule has 208 valence electrons. The highest BCUT2D eigenvalue weighted by atomic mass is 19.1. The van der Waals surface area contributed by atoms with E-state index >= 15 is 0 Å². The maximum absolute atomic E-state index is 14.8. The molecule has 0 radical (unpaired) electrons. The van der Waals surface area contributed by atoms with Crippen LogP contribution in [0.25, 0.3) is 0 Å². The van der Waals surface area contributed by atoms with Crippen molar-refractivity contribution < 1.29 is 32.7 Å². The van der Waals surface area contributed by atoms with E-state index in [1.54, 1.807) is 13.0 Å². The number of cyclic esters (lactones) is 1. The van der Waals surface area contributed by atoms with E-state index in [-0.39, 0.29) is 53.6 Å². The van der Waals surface area contributed by atoms with Crippen molar-refractivity contribution in [3.63, 3.8) is 0 Å². The van der Waals surface area contributed by atoms with Crippen LogP contribution >= 0.6 is 0 Å². The largest absolute Gasteiger partial charge is 0.465 e. The highest BCUT2D eigenvalue weighted by Gasteiger charge is 2.34. The van der Waals surface area contributed by atoms with Crippen LogP contribution in [-0.4, -0.2) is 65.2 Å². The SMILES string of the molecule is Cc1ncc(C(=O)Nc2cc(F)c3c(c2)CC(CNCCC2CN(c4cnc5c(n4)NC(=O)CO5)C(=O)O2)C3)o1. The first kappa shape index (κ1) is 25.7. The summed E-state index contributed by atoms with van der Waals surface area (Å²) in [5, 5.41) is 8.62. The normalized spacial score (nSPS) is 19.5. The molecule has 3 amide bonds. The van der Waals surface area contributed by atoms with Gasteiger partial charge in [-0.1, -0.05) is 0 Å². The molecule has 0 saturated carbocycles. The van der Waals surface area contributed by atoms with E-state index in [0.29, 0.717) is 56.0 Å². The summed E-state index contributed by atoms with van der Waals surface area (Å²) < 4.78 is 30.7. The molecule has 6 rings (SSSR count). The van der Waals surface area contributed by atoms with Gasteiger partial charge in [-0.3, -0.25) is 14.5 Å². The smallest absolute Gasteiger partial charge is 0.415 e. The molecular weight excluding hydrogens is 525 g/mol. The standard InChI is InChI=1S/C26H26FN7O6/c1-13-29-9-20(39-13)24(36)31-16-6-15-4-14(5-18(15)19(27)7-16)8-28-3-2-17-11-34(26(37)40-17)21-10-30-25-23(32-21)33-22(35)12-38-25/h6-7,9-10,14,17,28H,2-5,8,11-12H2,1H3,(H,31,36)(H,32,33,35). The first-order valence-corrected chi connectivity index (χ1v) is 12.9. The van der Waals surface area contributed by atoms with Crippen LogP contribution in [0.2, 0.25) is 0 Å². The van der Waals surface area contributed by atoms with Crippen LogP contribution in [0.4, 0.5) is 26.5 Å². The summed E-state index contributed by atoms with van der Waals surface area (Å²) in [5.41, 5.74) is 1.90. The fourth-order valence-corrected chi connectivity index (χ4v) is 5.07. The van der Waals surface area contributed by atoms with Gasteiger partial charge in [0.25, 0.3) is 17.7 Å². The van der Waals surface area contributed by atoms with Crippen molar-refractivity contribution in [3.05, 3.63) is 53.1 Å². The van der Waals surface area contributed by atoms with E-state index in [0.717, 1.165) is 5.56 Å². The Kier molecular flexibility index (Phi) is 6.76. The Labute approximate surface area is 227 Å². The van der Waals surface area contributed by atoms with E-state index in [1.807, 2.05) is 0 Å². The highest BCUT2D eigenvalue weighted by molar-refractivity contribution is 6.02. The van der Waals surface area contributed by atoms with Crippen LogP contribution in [0.3, 0.4) is 0 Å². The van der Waals surface area contributed by atoms with Gasteiger partial charge in [0.2, 0.25) is 5.76 Å². The fraction of sp³-hybridized carbons (Fsp3) is 0.385. The Morgan fingerprint density at radius 2 is 2.10 bits per heavy atom. The number of anilines is 3. The first-order chi connectivity index (χ1) is 19.3. The van der Waals surface area contributed by atoms with Crippen LogP contribution in [-0.2, 0) is 22.4 Å². The lowest BCUT2D eigenvalue weighted by molar-refractivity contribution is -0.118. The van der Waals surface area contributed by atoms with Gasteiger partial charge in [-0.05, 0) is 61.5 Å². The number of halogens is 1. The number of aromatic nitrogens is 3. The number of rotatable bonds is 8. The summed E-state index contributed by atoms with van der Waals surface area (Å²) >= 11 is 0. The average Bonchev–Trinajstić information content (AvgIpc) is 3.64. The van der Waals surface area contributed by atoms with Crippen molar-refractivity contribution in [1.29, 1.82) is 0 Å². The third-order valence-corrected chi connectivity index (χ3v) is 6.94. The summed E-state index contributed by atoms with van der Waals surface area (Å²) in [6.45, 7) is 3.06. The van der Waals surface area contributed by atoms with Crippen molar-refractivity contribution in [2.75, 3.05) is 41.8 Å². The summed E-state index contributed by atoms with van der Waals surface area (Å²) in [6.07, 6.45) is 3.69. The lowest BCUT2D eigenvalue weighted by atomic mass is 10.1. The van der Waals surface area contributed by atoms with Crippen LogP contribution in [0.1, 0.15) is 34.0 Å². The van der Waals surface area contributed by atoms with Gasteiger partial charge in [0, 0.05) is 12.6 Å². The van der Waals surface area contributed by atoms with E-state index < -0.39 is 12.0 Å². The Hall–Kier alpha value is -4.59. The van der Waals surface area contributed by atoms with Gasteiger partial charge in [-0.2, -0.15) is 0 Å². The molecule has 40 heavy (non-hydrogen) atoms. The monoisotopic (exact) mass is 551 g/mol. The fourth-order valence-electron chi connectivity index (χ4n) is 5.07. The highest BCUT2D eigenvalue weighted by Crippen LogP contribution is 2.32. The van der Waals surface area contributed by atoms with Crippen molar-refractivity contribution in [1.82, 2.24) is 20.3 Å². The lowest BCUT2D eigenvalue weighted by Gasteiger charge is -2.18. The van der Waals surface area contributed by atoms with E-state index in [4.69, 9.17) is 13.9 Å². The molecule has 1 fully saturated rings. The number of aryl methyl sites for hydroxylation is 1. The van der Waals surface area contributed by atoms with Gasteiger partial charge < -0.3 is 29.8 Å². The van der Waals surface area contributed by atoms with Crippen molar-refractivity contribution in [2.24, 2.45) is 5.92 Å². The van der Waals surface area contributed by atoms with Gasteiger partial charge in [-0.25, -0.2) is 24.1 Å². The van der Waals surface area contributed by atoms with Crippen molar-refractivity contribution in [2.45, 2.75) is 32.3 Å². The van der Waals surface area contributed by atoms with Crippen LogP contribution < -0.4 is 25.6 Å². The number of nitrogens with zero attached hydrogens (tertiary/aromatic N) is 4. The molecule has 1 saturated heterocycles. The van der Waals surface area contributed by atoms with E-state index in [9.17, 15) is 18.8 Å². The second-order valence-corrected chi connectivity index (χ2v) is 9.90. The van der Waals surface area contributed by atoms with Crippen LogP contribution in [0.15, 0.2) is 28.9 Å². The third-order valence-electron chi connectivity index (χ3n) is 6.94. The molecule has 14 heteroatoms. The Morgan fingerprint density at radius 1 is 1.23 bits per heavy atom. The molecule has 1 aliphatic carbocycles. The van der Waals surface area contributed by atoms with Crippen LogP contribution in [0.5, 0.6) is 5.88 Å². The molecule has 2 unspecified atom stereocenters. The zero-order valence-corrected chi connectivity index (χ0v) is 21.5. The molecule has 0 bridgehead atoms. The Balaban J connectivity index is 0.974. The van der Waals surface area contributed by atoms with Gasteiger partial charge >= 0.3 is 6.09 Å². The molecule has 13 nitrogen and oxygen atoms in total. The molecular formula is C26H26FN7O6. The molecule has 2 aliphatic heterocycles. The van der Waals surface area contributed by atoms with Gasteiger partial charge in [0.15, 0.2) is 24.1 Å². The molecule has 2 aromatic heterocycles. The molecule has 4 heterocycles. The number of benzene rings is 1. The Morgan fingerprint density at radius 3 is 2.92 bits per heavy atom. The molecule has 0 spiro atoms. The molecule has 3 aromatic rings. The Bertz CT molecular complexity index is 1490. The number of hydrogen-bond donors (Lipinski definition) is 3. The third kappa shape index (κ3) is 5.30. The van der Waals surface area contributed by atoms with Crippen molar-refractivity contribution in [3.8, 4) is 5.88 Å². The minimum atomic E-state index is -0.537. The zero-order chi connectivity index (χ0) is 27.8. The number of oxazole rings is 1. The molecule has 3 aliphatic rings. The van der Waals surface area contributed by atoms with Gasteiger partial charge in [0.05, 0.1) is 18.9 Å². The van der Waals surface area contributed by atoms with E-state index in [1.165, 1.54) is 23.4 Å². The number of fused-ring (bicyclic) bond motifs is 2. The summed E-state index contributed by atoms with van der Waals surface area (Å²) in [7, 11) is 0. The number of carbonyl (C=O) groups is 3. The molecule has 3 N–H and O–H groups in total. The van der Waals surface area contributed by atoms with Gasteiger partial charge in [0.1, 0.15) is 11.9 Å². The van der Waals surface area contributed by atoms with Crippen LogP contribution in [0, 0.1) is 18.7 Å². The number of amides is 3. The summed E-state index contributed by atoms with van der Waals surface area (Å²) in [4.78, 5) is 50.0. The van der Waals surface area contributed by atoms with E-state index in [2.05, 4.69) is 30.9 Å². The second-order valence-electron chi connectivity index (χ2n) is 9.90. The maximum Gasteiger partial charge on any atom is 0.415 e.